The highest BCUT2D eigenvalue weighted by molar-refractivity contribution is 5.87. The van der Waals surface area contributed by atoms with Crippen molar-refractivity contribution in [1.82, 2.24) is 29.3 Å². The normalized spacial score (nSPS) is 25.3. The summed E-state index contributed by atoms with van der Waals surface area (Å²) in [6.45, 7) is -0.477. The number of nitrogens with two attached hydrogens (primary N) is 1. The maximum atomic E-state index is 11.0. The summed E-state index contributed by atoms with van der Waals surface area (Å²) in [5.41, 5.74) is 6.25. The number of carbonyl (C=O) groups is 1. The molecule has 0 amide bonds. The molecular weight excluding hydrogens is 362 g/mol. The third kappa shape index (κ3) is 2.69. The number of aliphatic hydroxyl groups excluding tert-OH is 3. The summed E-state index contributed by atoms with van der Waals surface area (Å²) < 4.78 is 7.96. The second-order valence-electron chi connectivity index (χ2n) is 5.94. The number of anilines is 1. The smallest absolute Gasteiger partial charge is 0.338 e. The van der Waals surface area contributed by atoms with E-state index in [0.29, 0.717) is 0 Å². The number of carboxylic acid groups (broad SMARTS) is 1. The molecule has 13 heteroatoms. The molecule has 0 spiro atoms. The van der Waals surface area contributed by atoms with Crippen LogP contribution in [-0.4, -0.2) is 80.6 Å². The van der Waals surface area contributed by atoms with E-state index in [0.717, 1.165) is 10.9 Å². The Morgan fingerprint density at radius 2 is 2.07 bits per heavy atom. The number of aliphatic hydroxyl groups is 3. The number of aromatic carboxylic acids is 1. The fourth-order valence-corrected chi connectivity index (χ4v) is 2.87. The number of ether oxygens (including phenoxy) is 1. The van der Waals surface area contributed by atoms with Gasteiger partial charge in [0.05, 0.1) is 24.7 Å². The fourth-order valence-electron chi connectivity index (χ4n) is 2.87. The summed E-state index contributed by atoms with van der Waals surface area (Å²) in [7, 11) is 0. The molecule has 4 heterocycles. The van der Waals surface area contributed by atoms with E-state index in [4.69, 9.17) is 15.6 Å². The van der Waals surface area contributed by atoms with Crippen LogP contribution in [0.1, 0.15) is 16.6 Å². The zero-order valence-corrected chi connectivity index (χ0v) is 13.6. The standard InChI is InChI=1S/C14H15N7O6/c15-10-7-11(19-14(18-10)21-2-5(1-17-21)13(25)26)20(4-16-7)12-9(24)8(23)6(3-22)27-12/h1-2,4,6,8-9,12,22-24H,3H2,(H,25,26)(H2,15,18,19)/t6?,8-,9-,12-/m1/s1. The Hall–Kier alpha value is -3.13. The van der Waals surface area contributed by atoms with Crippen LogP contribution in [0.4, 0.5) is 5.82 Å². The van der Waals surface area contributed by atoms with Gasteiger partial charge >= 0.3 is 5.97 Å². The first-order valence-corrected chi connectivity index (χ1v) is 7.81. The number of carboxylic acids is 1. The lowest BCUT2D eigenvalue weighted by atomic mass is 10.1. The number of nitrogens with zero attached hydrogens (tertiary/aromatic N) is 6. The molecule has 4 atom stereocenters. The molecule has 0 bridgehead atoms. The minimum Gasteiger partial charge on any atom is -0.478 e. The topological polar surface area (TPSA) is 195 Å². The molecule has 0 aromatic carbocycles. The van der Waals surface area contributed by atoms with Crippen LogP contribution in [0.5, 0.6) is 0 Å². The molecule has 27 heavy (non-hydrogen) atoms. The molecule has 3 aromatic rings. The highest BCUT2D eigenvalue weighted by Gasteiger charge is 2.44. The second kappa shape index (κ2) is 6.24. The van der Waals surface area contributed by atoms with Crippen LogP contribution in [0.3, 0.4) is 0 Å². The van der Waals surface area contributed by atoms with Gasteiger partial charge in [0.1, 0.15) is 23.8 Å². The van der Waals surface area contributed by atoms with Gasteiger partial charge in [0, 0.05) is 6.20 Å². The van der Waals surface area contributed by atoms with Crippen molar-refractivity contribution < 1.29 is 30.0 Å². The summed E-state index contributed by atoms with van der Waals surface area (Å²) in [6.07, 6.45) is -0.985. The SMILES string of the molecule is Nc1nc(-n2cc(C(=O)O)cn2)nc2c1ncn2[C@@H]1OC(CO)[C@@H](O)[C@H]1O. The molecular formula is C14H15N7O6. The first-order chi connectivity index (χ1) is 12.9. The van der Waals surface area contributed by atoms with Gasteiger partial charge in [0.15, 0.2) is 17.7 Å². The Kier molecular flexibility index (Phi) is 4.00. The number of rotatable bonds is 4. The summed E-state index contributed by atoms with van der Waals surface area (Å²) in [5, 5.41) is 42.3. The lowest BCUT2D eigenvalue weighted by molar-refractivity contribution is -0.0511. The van der Waals surface area contributed by atoms with Crippen LogP contribution in [0.2, 0.25) is 0 Å². The first kappa shape index (κ1) is 17.3. The molecule has 6 N–H and O–H groups in total. The molecule has 0 aliphatic carbocycles. The van der Waals surface area contributed by atoms with E-state index in [2.05, 4.69) is 20.1 Å². The van der Waals surface area contributed by atoms with Crippen molar-refractivity contribution in [3.8, 4) is 5.95 Å². The van der Waals surface area contributed by atoms with Crippen LogP contribution in [0.15, 0.2) is 18.7 Å². The maximum Gasteiger partial charge on any atom is 0.338 e. The molecule has 4 rings (SSSR count). The van der Waals surface area contributed by atoms with Crippen molar-refractivity contribution in [3.05, 3.63) is 24.3 Å². The Morgan fingerprint density at radius 3 is 2.70 bits per heavy atom. The summed E-state index contributed by atoms with van der Waals surface area (Å²) in [5.74, 6) is -1.17. The Labute approximate surface area is 150 Å². The van der Waals surface area contributed by atoms with E-state index in [-0.39, 0.29) is 28.5 Å². The minimum atomic E-state index is -1.33. The van der Waals surface area contributed by atoms with Gasteiger partial charge in [-0.1, -0.05) is 0 Å². The molecule has 0 saturated carbocycles. The summed E-state index contributed by atoms with van der Waals surface area (Å²) >= 11 is 0. The van der Waals surface area contributed by atoms with E-state index in [9.17, 15) is 20.1 Å². The van der Waals surface area contributed by atoms with Gasteiger partial charge in [-0.2, -0.15) is 15.1 Å². The molecule has 1 aliphatic heterocycles. The predicted molar refractivity (Wildman–Crippen MR) is 86.8 cm³/mol. The molecule has 0 radical (unpaired) electrons. The van der Waals surface area contributed by atoms with E-state index < -0.39 is 37.1 Å². The van der Waals surface area contributed by atoms with Crippen LogP contribution >= 0.6 is 0 Å². The van der Waals surface area contributed by atoms with Crippen LogP contribution in [0, 0.1) is 0 Å². The molecule has 13 nitrogen and oxygen atoms in total. The van der Waals surface area contributed by atoms with Crippen LogP contribution in [0.25, 0.3) is 17.1 Å². The number of aromatic nitrogens is 6. The summed E-state index contributed by atoms with van der Waals surface area (Å²) in [6, 6.07) is 0. The average molecular weight is 377 g/mol. The van der Waals surface area contributed by atoms with E-state index in [1.807, 2.05) is 0 Å². The molecule has 142 valence electrons. The molecule has 1 fully saturated rings. The minimum absolute atomic E-state index is 0.00729. The number of hydrogen-bond donors (Lipinski definition) is 5. The van der Waals surface area contributed by atoms with Crippen molar-refractivity contribution in [1.29, 1.82) is 0 Å². The van der Waals surface area contributed by atoms with Gasteiger partial charge in [-0.3, -0.25) is 4.57 Å². The van der Waals surface area contributed by atoms with E-state index in [1.54, 1.807) is 0 Å². The van der Waals surface area contributed by atoms with Gasteiger partial charge in [0.25, 0.3) is 5.95 Å². The Balaban J connectivity index is 1.80. The van der Waals surface area contributed by atoms with E-state index in [1.165, 1.54) is 17.1 Å². The molecule has 1 saturated heterocycles. The number of hydrogen-bond acceptors (Lipinski definition) is 10. The summed E-state index contributed by atoms with van der Waals surface area (Å²) in [4.78, 5) is 23.4. The van der Waals surface area contributed by atoms with Crippen LogP contribution in [-0.2, 0) is 4.74 Å². The average Bonchev–Trinajstić information content (AvgIpc) is 3.34. The zero-order valence-electron chi connectivity index (χ0n) is 13.6. The quantitative estimate of drug-likeness (QED) is 0.334. The molecule has 3 aromatic heterocycles. The Bertz CT molecular complexity index is 1020. The van der Waals surface area contributed by atoms with Gasteiger partial charge in [0.2, 0.25) is 0 Å². The number of imidazole rings is 1. The van der Waals surface area contributed by atoms with Crippen molar-refractivity contribution in [2.45, 2.75) is 24.5 Å². The van der Waals surface area contributed by atoms with Gasteiger partial charge < -0.3 is 30.9 Å². The van der Waals surface area contributed by atoms with Crippen molar-refractivity contribution >= 4 is 23.0 Å². The fraction of sp³-hybridized carbons (Fsp3) is 0.357. The third-order valence-corrected chi connectivity index (χ3v) is 4.26. The van der Waals surface area contributed by atoms with E-state index >= 15 is 0 Å². The lowest BCUT2D eigenvalue weighted by Crippen LogP contribution is -2.33. The highest BCUT2D eigenvalue weighted by Crippen LogP contribution is 2.32. The van der Waals surface area contributed by atoms with Gasteiger partial charge in [-0.05, 0) is 0 Å². The number of nitrogen functional groups attached to an aromatic ring is 1. The number of fused-ring (bicyclic) bond motifs is 1. The third-order valence-electron chi connectivity index (χ3n) is 4.26. The van der Waals surface area contributed by atoms with Gasteiger partial charge in [-0.25, -0.2) is 14.5 Å². The second-order valence-corrected chi connectivity index (χ2v) is 5.94. The maximum absolute atomic E-state index is 11.0. The molecule has 1 unspecified atom stereocenters. The first-order valence-electron chi connectivity index (χ1n) is 7.81. The van der Waals surface area contributed by atoms with Crippen molar-refractivity contribution in [2.75, 3.05) is 12.3 Å². The Morgan fingerprint density at radius 1 is 1.30 bits per heavy atom. The zero-order chi connectivity index (χ0) is 19.3. The van der Waals surface area contributed by atoms with Crippen molar-refractivity contribution in [2.24, 2.45) is 0 Å². The van der Waals surface area contributed by atoms with Crippen LogP contribution < -0.4 is 5.73 Å². The molecule has 1 aliphatic rings. The monoisotopic (exact) mass is 377 g/mol. The van der Waals surface area contributed by atoms with Crippen molar-refractivity contribution in [3.63, 3.8) is 0 Å². The predicted octanol–water partition coefficient (Wildman–Crippen LogP) is -2.10. The highest BCUT2D eigenvalue weighted by atomic mass is 16.6. The largest absolute Gasteiger partial charge is 0.478 e. The lowest BCUT2D eigenvalue weighted by Gasteiger charge is -2.16. The van der Waals surface area contributed by atoms with Gasteiger partial charge in [-0.15, -0.1) is 0 Å².